The van der Waals surface area contributed by atoms with Crippen LogP contribution in [0.4, 0.5) is 15.8 Å². The van der Waals surface area contributed by atoms with Gasteiger partial charge in [-0.3, -0.25) is 0 Å². The average molecular weight is 354 g/mol. The largest absolute Gasteiger partial charge is 0.398 e. The fourth-order valence-corrected chi connectivity index (χ4v) is 3.17. The minimum Gasteiger partial charge on any atom is -0.398 e. The number of fused-ring (bicyclic) bond motifs is 1. The predicted molar refractivity (Wildman–Crippen MR) is 79.9 cm³/mol. The second-order valence-corrected chi connectivity index (χ2v) is 5.60. The summed E-state index contributed by atoms with van der Waals surface area (Å²) < 4.78 is 14.0. The van der Waals surface area contributed by atoms with Crippen LogP contribution in [0.2, 0.25) is 0 Å². The van der Waals surface area contributed by atoms with Crippen LogP contribution in [-0.2, 0) is 13.1 Å². The molecule has 0 unspecified atom stereocenters. The maximum Gasteiger partial charge on any atom is 0.124 e. The van der Waals surface area contributed by atoms with Crippen LogP contribution in [0.5, 0.6) is 0 Å². The first-order valence-corrected chi connectivity index (χ1v) is 6.79. The van der Waals surface area contributed by atoms with Crippen LogP contribution in [0.3, 0.4) is 0 Å². The molecule has 1 heterocycles. The number of rotatable bonds is 1. The maximum absolute atomic E-state index is 13.1. The molecule has 3 rings (SSSR count). The molecule has 0 aromatic heterocycles. The van der Waals surface area contributed by atoms with Gasteiger partial charge < -0.3 is 10.6 Å². The number of nitrogens with two attached hydrogens (primary N) is 1. The van der Waals surface area contributed by atoms with E-state index in [2.05, 4.69) is 33.6 Å². The molecule has 0 bridgehead atoms. The van der Waals surface area contributed by atoms with Crippen LogP contribution in [0.15, 0.2) is 36.4 Å². The van der Waals surface area contributed by atoms with Gasteiger partial charge in [0.2, 0.25) is 0 Å². The molecule has 2 aromatic carbocycles. The second kappa shape index (κ2) is 4.42. The summed E-state index contributed by atoms with van der Waals surface area (Å²) in [6, 6.07) is 10.9. The third-order valence-corrected chi connectivity index (χ3v) is 4.13. The molecule has 0 amide bonds. The zero-order chi connectivity index (χ0) is 12.7. The highest BCUT2D eigenvalue weighted by Crippen LogP contribution is 2.33. The van der Waals surface area contributed by atoms with Crippen molar-refractivity contribution >= 4 is 34.0 Å². The lowest BCUT2D eigenvalue weighted by molar-refractivity contribution is 0.626. The summed E-state index contributed by atoms with van der Waals surface area (Å²) in [5.41, 5.74) is 10.3. The highest BCUT2D eigenvalue weighted by molar-refractivity contribution is 14.1. The van der Waals surface area contributed by atoms with E-state index in [4.69, 9.17) is 5.73 Å². The van der Waals surface area contributed by atoms with Crippen LogP contribution in [0, 0.1) is 9.39 Å². The molecule has 0 saturated heterocycles. The molecular weight excluding hydrogens is 342 g/mol. The molecule has 1 aliphatic rings. The zero-order valence-electron chi connectivity index (χ0n) is 9.66. The average Bonchev–Trinajstić information content (AvgIpc) is 2.74. The lowest BCUT2D eigenvalue weighted by Crippen LogP contribution is -2.15. The number of benzene rings is 2. The normalized spacial score (nSPS) is 13.8. The van der Waals surface area contributed by atoms with Crippen molar-refractivity contribution in [1.82, 2.24) is 0 Å². The molecule has 2 nitrogen and oxygen atoms in total. The van der Waals surface area contributed by atoms with Crippen molar-refractivity contribution in [3.63, 3.8) is 0 Å². The van der Waals surface area contributed by atoms with Crippen molar-refractivity contribution < 1.29 is 4.39 Å². The first-order chi connectivity index (χ1) is 8.65. The Morgan fingerprint density at radius 3 is 2.72 bits per heavy atom. The Labute approximate surface area is 119 Å². The van der Waals surface area contributed by atoms with E-state index in [1.807, 2.05) is 18.2 Å². The first kappa shape index (κ1) is 11.8. The van der Waals surface area contributed by atoms with E-state index < -0.39 is 0 Å². The Morgan fingerprint density at radius 1 is 1.17 bits per heavy atom. The Kier molecular flexibility index (Phi) is 2.89. The SMILES string of the molecule is Nc1cccc2c1CN(c1ccc(F)cc1I)C2. The Hall–Kier alpha value is -1.30. The Morgan fingerprint density at radius 2 is 2.00 bits per heavy atom. The molecule has 18 heavy (non-hydrogen) atoms. The van der Waals surface area contributed by atoms with Crippen molar-refractivity contribution in [3.05, 3.63) is 56.9 Å². The summed E-state index contributed by atoms with van der Waals surface area (Å²) in [6.07, 6.45) is 0. The van der Waals surface area contributed by atoms with Gasteiger partial charge >= 0.3 is 0 Å². The monoisotopic (exact) mass is 354 g/mol. The van der Waals surface area contributed by atoms with Crippen LogP contribution < -0.4 is 10.6 Å². The standard InChI is InChI=1S/C14H12FIN2/c15-10-4-5-14(12(16)6-10)18-7-9-2-1-3-13(17)11(9)8-18/h1-6H,7-8,17H2. The number of nitrogens with zero attached hydrogens (tertiary/aromatic N) is 1. The van der Waals surface area contributed by atoms with E-state index in [1.165, 1.54) is 17.2 Å². The van der Waals surface area contributed by atoms with Crippen LogP contribution in [0.1, 0.15) is 11.1 Å². The van der Waals surface area contributed by atoms with Crippen molar-refractivity contribution in [3.8, 4) is 0 Å². The first-order valence-electron chi connectivity index (χ1n) is 5.71. The second-order valence-electron chi connectivity index (χ2n) is 4.44. The van der Waals surface area contributed by atoms with Crippen molar-refractivity contribution in [2.45, 2.75) is 13.1 Å². The molecule has 0 atom stereocenters. The molecule has 0 spiro atoms. The summed E-state index contributed by atoms with van der Waals surface area (Å²) in [7, 11) is 0. The van der Waals surface area contributed by atoms with Gasteiger partial charge in [-0.05, 0) is 58.0 Å². The maximum atomic E-state index is 13.1. The van der Waals surface area contributed by atoms with Gasteiger partial charge in [-0.15, -0.1) is 0 Å². The molecule has 0 aliphatic carbocycles. The van der Waals surface area contributed by atoms with E-state index >= 15 is 0 Å². The molecule has 1 aliphatic heterocycles. The molecule has 2 N–H and O–H groups in total. The van der Waals surface area contributed by atoms with Gasteiger partial charge in [-0.2, -0.15) is 0 Å². The lowest BCUT2D eigenvalue weighted by atomic mass is 10.1. The smallest absolute Gasteiger partial charge is 0.124 e. The van der Waals surface area contributed by atoms with Gasteiger partial charge in [0.1, 0.15) is 5.82 Å². The Balaban J connectivity index is 1.96. The van der Waals surface area contributed by atoms with E-state index in [1.54, 1.807) is 6.07 Å². The van der Waals surface area contributed by atoms with Gasteiger partial charge in [0.25, 0.3) is 0 Å². The number of nitrogen functional groups attached to an aromatic ring is 1. The molecule has 2 aromatic rings. The van der Waals surface area contributed by atoms with Crippen LogP contribution in [0.25, 0.3) is 0 Å². The third-order valence-electron chi connectivity index (χ3n) is 3.27. The van der Waals surface area contributed by atoms with E-state index in [-0.39, 0.29) is 5.82 Å². The van der Waals surface area contributed by atoms with Crippen molar-refractivity contribution in [2.24, 2.45) is 0 Å². The van der Waals surface area contributed by atoms with Crippen molar-refractivity contribution in [2.75, 3.05) is 10.6 Å². The number of hydrogen-bond acceptors (Lipinski definition) is 2. The summed E-state index contributed by atoms with van der Waals surface area (Å²) in [5.74, 6) is -0.195. The summed E-state index contributed by atoms with van der Waals surface area (Å²) >= 11 is 2.17. The summed E-state index contributed by atoms with van der Waals surface area (Å²) in [5, 5.41) is 0. The van der Waals surface area contributed by atoms with Crippen LogP contribution >= 0.6 is 22.6 Å². The topological polar surface area (TPSA) is 29.3 Å². The number of hydrogen-bond donors (Lipinski definition) is 1. The minimum absolute atomic E-state index is 0.195. The molecule has 92 valence electrons. The highest BCUT2D eigenvalue weighted by Gasteiger charge is 2.22. The molecule has 0 saturated carbocycles. The zero-order valence-corrected chi connectivity index (χ0v) is 11.8. The number of halogens is 2. The third kappa shape index (κ3) is 1.94. The molecular formula is C14H12FIN2. The fourth-order valence-electron chi connectivity index (χ4n) is 2.36. The molecule has 4 heteroatoms. The van der Waals surface area contributed by atoms with Gasteiger partial charge in [0.05, 0.1) is 5.69 Å². The molecule has 0 fully saturated rings. The summed E-state index contributed by atoms with van der Waals surface area (Å²) in [4.78, 5) is 2.22. The predicted octanol–water partition coefficient (Wildman–Crippen LogP) is 3.53. The minimum atomic E-state index is -0.195. The fraction of sp³-hybridized carbons (Fsp3) is 0.143. The van der Waals surface area contributed by atoms with Gasteiger partial charge in [0, 0.05) is 22.3 Å². The lowest BCUT2D eigenvalue weighted by Gasteiger charge is -2.19. The van der Waals surface area contributed by atoms with E-state index in [9.17, 15) is 4.39 Å². The van der Waals surface area contributed by atoms with Gasteiger partial charge in [-0.25, -0.2) is 4.39 Å². The molecule has 0 radical (unpaired) electrons. The Bertz CT molecular complexity index is 613. The van der Waals surface area contributed by atoms with Crippen LogP contribution in [-0.4, -0.2) is 0 Å². The van der Waals surface area contributed by atoms with Gasteiger partial charge in [-0.1, -0.05) is 12.1 Å². The van der Waals surface area contributed by atoms with Gasteiger partial charge in [0.15, 0.2) is 0 Å². The van der Waals surface area contributed by atoms with E-state index in [0.29, 0.717) is 0 Å². The van der Waals surface area contributed by atoms with E-state index in [0.717, 1.165) is 28.0 Å². The number of anilines is 2. The summed E-state index contributed by atoms with van der Waals surface area (Å²) in [6.45, 7) is 1.63. The quantitative estimate of drug-likeness (QED) is 0.627. The highest BCUT2D eigenvalue weighted by atomic mass is 127. The van der Waals surface area contributed by atoms with Crippen molar-refractivity contribution in [1.29, 1.82) is 0 Å².